The SMILES string of the molecule is COc1ccc(S(N)(=O)=O)cc1NC(=O)C[C@@H]1CCC[C@H]1N.Cl. The number of benzene rings is 1. The van der Waals surface area contributed by atoms with Crippen LogP contribution in [0.25, 0.3) is 0 Å². The van der Waals surface area contributed by atoms with Gasteiger partial charge in [0, 0.05) is 12.5 Å². The van der Waals surface area contributed by atoms with Crippen molar-refractivity contribution in [2.45, 2.75) is 36.6 Å². The van der Waals surface area contributed by atoms with Gasteiger partial charge in [0.25, 0.3) is 0 Å². The highest BCUT2D eigenvalue weighted by molar-refractivity contribution is 7.89. The quantitative estimate of drug-likeness (QED) is 0.725. The van der Waals surface area contributed by atoms with Crippen LogP contribution in [-0.2, 0) is 14.8 Å². The van der Waals surface area contributed by atoms with E-state index >= 15 is 0 Å². The lowest BCUT2D eigenvalue weighted by Gasteiger charge is -2.16. The van der Waals surface area contributed by atoms with Gasteiger partial charge >= 0.3 is 0 Å². The third kappa shape index (κ3) is 5.07. The molecule has 2 atom stereocenters. The number of primary sulfonamides is 1. The molecule has 1 aliphatic rings. The minimum atomic E-state index is -3.84. The molecule has 5 N–H and O–H groups in total. The van der Waals surface area contributed by atoms with Gasteiger partial charge in [-0.3, -0.25) is 4.79 Å². The van der Waals surface area contributed by atoms with Crippen LogP contribution in [-0.4, -0.2) is 27.5 Å². The van der Waals surface area contributed by atoms with E-state index in [0.29, 0.717) is 12.2 Å². The minimum absolute atomic E-state index is 0. The van der Waals surface area contributed by atoms with E-state index < -0.39 is 10.0 Å². The van der Waals surface area contributed by atoms with Gasteiger partial charge in [-0.25, -0.2) is 13.6 Å². The number of sulfonamides is 1. The fraction of sp³-hybridized carbons (Fsp3) is 0.500. The van der Waals surface area contributed by atoms with Gasteiger partial charge in [0.05, 0.1) is 17.7 Å². The van der Waals surface area contributed by atoms with Crippen molar-refractivity contribution in [1.82, 2.24) is 0 Å². The van der Waals surface area contributed by atoms with E-state index in [0.717, 1.165) is 19.3 Å². The highest BCUT2D eigenvalue weighted by Gasteiger charge is 2.26. The highest BCUT2D eigenvalue weighted by atomic mass is 35.5. The summed E-state index contributed by atoms with van der Waals surface area (Å²) >= 11 is 0. The van der Waals surface area contributed by atoms with Gasteiger partial charge in [0.15, 0.2) is 0 Å². The molecule has 0 bridgehead atoms. The Kier molecular flexibility index (Phi) is 6.82. The smallest absolute Gasteiger partial charge is 0.238 e. The van der Waals surface area contributed by atoms with Crippen molar-refractivity contribution < 1.29 is 17.9 Å². The minimum Gasteiger partial charge on any atom is -0.495 e. The van der Waals surface area contributed by atoms with Gasteiger partial charge in [-0.2, -0.15) is 0 Å². The van der Waals surface area contributed by atoms with Crippen LogP contribution < -0.4 is 20.9 Å². The zero-order valence-corrected chi connectivity index (χ0v) is 14.5. The van der Waals surface area contributed by atoms with Crippen molar-refractivity contribution in [3.63, 3.8) is 0 Å². The van der Waals surface area contributed by atoms with Crippen LogP contribution in [0.2, 0.25) is 0 Å². The maximum Gasteiger partial charge on any atom is 0.238 e. The average molecular weight is 364 g/mol. The van der Waals surface area contributed by atoms with Crippen molar-refractivity contribution in [2.24, 2.45) is 16.8 Å². The molecule has 1 fully saturated rings. The van der Waals surface area contributed by atoms with Crippen molar-refractivity contribution in [1.29, 1.82) is 0 Å². The molecule has 9 heteroatoms. The maximum absolute atomic E-state index is 12.1. The zero-order chi connectivity index (χ0) is 16.3. The van der Waals surface area contributed by atoms with Gasteiger partial charge in [-0.15, -0.1) is 12.4 Å². The standard InChI is InChI=1S/C14H21N3O4S.ClH/c1-21-13-6-5-10(22(16,19)20)8-12(13)17-14(18)7-9-3-2-4-11(9)15;/h5-6,8-9,11H,2-4,7,15H2,1H3,(H,17,18)(H2,16,19,20);1H/t9-,11+;/m0./s1. The normalized spacial score (nSPS) is 20.7. The molecule has 7 nitrogen and oxygen atoms in total. The fourth-order valence-electron chi connectivity index (χ4n) is 2.72. The Morgan fingerprint density at radius 3 is 2.61 bits per heavy atom. The molecular formula is C14H22ClN3O4S. The van der Waals surface area contributed by atoms with E-state index in [1.54, 1.807) is 0 Å². The van der Waals surface area contributed by atoms with Crippen molar-refractivity contribution in [3.8, 4) is 5.75 Å². The Morgan fingerprint density at radius 1 is 1.39 bits per heavy atom. The molecule has 0 aliphatic heterocycles. The topological polar surface area (TPSA) is 125 Å². The van der Waals surface area contributed by atoms with E-state index in [9.17, 15) is 13.2 Å². The Labute approximate surface area is 142 Å². The zero-order valence-electron chi connectivity index (χ0n) is 12.8. The number of hydrogen-bond acceptors (Lipinski definition) is 5. The summed E-state index contributed by atoms with van der Waals surface area (Å²) in [6.07, 6.45) is 3.21. The first-order valence-electron chi connectivity index (χ1n) is 7.07. The fourth-order valence-corrected chi connectivity index (χ4v) is 3.26. The molecule has 1 saturated carbocycles. The van der Waals surface area contributed by atoms with Gasteiger partial charge in [-0.05, 0) is 37.0 Å². The second kappa shape index (κ2) is 7.96. The third-order valence-electron chi connectivity index (χ3n) is 3.94. The lowest BCUT2D eigenvalue weighted by atomic mass is 10.00. The van der Waals surface area contributed by atoms with Gasteiger partial charge in [0.2, 0.25) is 15.9 Å². The first kappa shape index (κ1) is 19.7. The summed E-state index contributed by atoms with van der Waals surface area (Å²) in [7, 11) is -2.41. The second-order valence-corrected chi connectivity index (χ2v) is 7.08. The first-order chi connectivity index (χ1) is 10.3. The number of nitrogens with two attached hydrogens (primary N) is 2. The van der Waals surface area contributed by atoms with Crippen LogP contribution in [0.5, 0.6) is 5.75 Å². The lowest BCUT2D eigenvalue weighted by molar-refractivity contribution is -0.117. The van der Waals surface area contributed by atoms with E-state index in [-0.39, 0.29) is 40.9 Å². The molecule has 130 valence electrons. The number of methoxy groups -OCH3 is 1. The van der Waals surface area contributed by atoms with Crippen LogP contribution in [0, 0.1) is 5.92 Å². The number of anilines is 1. The molecule has 2 rings (SSSR count). The Balaban J connectivity index is 0.00000264. The number of rotatable bonds is 5. The summed E-state index contributed by atoms with van der Waals surface area (Å²) in [5.41, 5.74) is 6.24. The molecule has 1 aromatic carbocycles. The molecule has 1 aromatic rings. The highest BCUT2D eigenvalue weighted by Crippen LogP contribution is 2.30. The second-order valence-electron chi connectivity index (χ2n) is 5.51. The van der Waals surface area contributed by atoms with Crippen molar-refractivity contribution in [2.75, 3.05) is 12.4 Å². The van der Waals surface area contributed by atoms with Crippen molar-refractivity contribution >= 4 is 34.0 Å². The average Bonchev–Trinajstić information content (AvgIpc) is 2.83. The Morgan fingerprint density at radius 2 is 2.09 bits per heavy atom. The summed E-state index contributed by atoms with van der Waals surface area (Å²) < 4.78 is 27.9. The van der Waals surface area contributed by atoms with E-state index in [1.807, 2.05) is 0 Å². The predicted octanol–water partition coefficient (Wildman–Crippen LogP) is 1.22. The van der Waals surface area contributed by atoms with Gasteiger partial charge in [0.1, 0.15) is 5.75 Å². The van der Waals surface area contributed by atoms with Crippen LogP contribution >= 0.6 is 12.4 Å². The molecular weight excluding hydrogens is 342 g/mol. The Hall–Kier alpha value is -1.35. The molecule has 1 amide bonds. The summed E-state index contributed by atoms with van der Waals surface area (Å²) in [6.45, 7) is 0. The van der Waals surface area contributed by atoms with Crippen LogP contribution in [0.15, 0.2) is 23.1 Å². The number of ether oxygens (including phenoxy) is 1. The van der Waals surface area contributed by atoms with Crippen LogP contribution in [0.1, 0.15) is 25.7 Å². The summed E-state index contributed by atoms with van der Waals surface area (Å²) in [6, 6.07) is 4.12. The maximum atomic E-state index is 12.1. The Bertz CT molecular complexity index is 666. The van der Waals surface area contributed by atoms with Crippen LogP contribution in [0.4, 0.5) is 5.69 Å². The van der Waals surface area contributed by atoms with Crippen LogP contribution in [0.3, 0.4) is 0 Å². The summed E-state index contributed by atoms with van der Waals surface area (Å²) in [4.78, 5) is 12.1. The van der Waals surface area contributed by atoms with Crippen molar-refractivity contribution in [3.05, 3.63) is 18.2 Å². The molecule has 0 heterocycles. The van der Waals surface area contributed by atoms with E-state index in [4.69, 9.17) is 15.6 Å². The van der Waals surface area contributed by atoms with Gasteiger partial charge in [-0.1, -0.05) is 6.42 Å². The molecule has 1 aliphatic carbocycles. The molecule has 0 aromatic heterocycles. The number of halogens is 1. The molecule has 0 radical (unpaired) electrons. The predicted molar refractivity (Wildman–Crippen MR) is 90.2 cm³/mol. The number of hydrogen-bond donors (Lipinski definition) is 3. The van der Waals surface area contributed by atoms with E-state index in [2.05, 4.69) is 5.32 Å². The molecule has 23 heavy (non-hydrogen) atoms. The molecule has 0 saturated heterocycles. The number of carbonyl (C=O) groups is 1. The number of amides is 1. The lowest BCUT2D eigenvalue weighted by Crippen LogP contribution is -2.28. The number of carbonyl (C=O) groups excluding carboxylic acids is 1. The summed E-state index contributed by atoms with van der Waals surface area (Å²) in [5.74, 6) is 0.316. The molecule has 0 unspecified atom stereocenters. The monoisotopic (exact) mass is 363 g/mol. The largest absolute Gasteiger partial charge is 0.495 e. The molecule has 0 spiro atoms. The summed E-state index contributed by atoms with van der Waals surface area (Å²) in [5, 5.41) is 7.78. The van der Waals surface area contributed by atoms with Gasteiger partial charge < -0.3 is 15.8 Å². The number of nitrogens with one attached hydrogen (secondary N) is 1. The third-order valence-corrected chi connectivity index (χ3v) is 4.85. The first-order valence-corrected chi connectivity index (χ1v) is 8.62. The van der Waals surface area contributed by atoms with E-state index in [1.165, 1.54) is 25.3 Å².